The van der Waals surface area contributed by atoms with E-state index in [0.717, 1.165) is 37.2 Å². The van der Waals surface area contributed by atoms with Gasteiger partial charge >= 0.3 is 0 Å². The van der Waals surface area contributed by atoms with E-state index in [9.17, 15) is 9.59 Å². The number of carbonyl (C=O) groups is 1. The van der Waals surface area contributed by atoms with Gasteiger partial charge in [-0.25, -0.2) is 0 Å². The van der Waals surface area contributed by atoms with E-state index in [2.05, 4.69) is 9.88 Å². The first-order chi connectivity index (χ1) is 14.0. The molecule has 0 radical (unpaired) electrons. The highest BCUT2D eigenvalue weighted by molar-refractivity contribution is 5.93. The fraction of sp³-hybridized carbons (Fsp3) is 0.348. The van der Waals surface area contributed by atoms with Gasteiger partial charge in [0.1, 0.15) is 5.58 Å². The summed E-state index contributed by atoms with van der Waals surface area (Å²) in [6, 6.07) is 9.06. The fourth-order valence-corrected chi connectivity index (χ4v) is 3.72. The Bertz CT molecular complexity index is 1080. The summed E-state index contributed by atoms with van der Waals surface area (Å²) in [6.45, 7) is 7.72. The third kappa shape index (κ3) is 4.07. The highest BCUT2D eigenvalue weighted by Crippen LogP contribution is 2.21. The summed E-state index contributed by atoms with van der Waals surface area (Å²) in [5, 5.41) is 0.519. The van der Waals surface area contributed by atoms with Gasteiger partial charge in [-0.2, -0.15) is 0 Å². The van der Waals surface area contributed by atoms with Crippen LogP contribution in [0.3, 0.4) is 0 Å². The van der Waals surface area contributed by atoms with Crippen molar-refractivity contribution in [2.24, 2.45) is 0 Å². The smallest absolute Gasteiger partial charge is 0.289 e. The molecule has 6 heteroatoms. The number of amides is 1. The number of aromatic nitrogens is 1. The average molecular weight is 391 g/mol. The zero-order valence-electron chi connectivity index (χ0n) is 16.9. The van der Waals surface area contributed by atoms with Crippen molar-refractivity contribution in [1.82, 2.24) is 14.8 Å². The number of pyridine rings is 1. The Kier molecular flexibility index (Phi) is 5.45. The van der Waals surface area contributed by atoms with E-state index in [1.807, 2.05) is 44.4 Å². The van der Waals surface area contributed by atoms with Gasteiger partial charge in [-0.05, 0) is 55.2 Å². The van der Waals surface area contributed by atoms with E-state index < -0.39 is 0 Å². The summed E-state index contributed by atoms with van der Waals surface area (Å²) in [5.74, 6) is -0.0832. The molecule has 0 bridgehead atoms. The number of rotatable bonds is 4. The second-order valence-corrected chi connectivity index (χ2v) is 7.60. The Morgan fingerprint density at radius 3 is 2.52 bits per heavy atom. The van der Waals surface area contributed by atoms with Crippen LogP contribution < -0.4 is 5.43 Å². The van der Waals surface area contributed by atoms with Crippen LogP contribution in [0.1, 0.15) is 27.2 Å². The van der Waals surface area contributed by atoms with E-state index in [1.165, 1.54) is 11.6 Å². The summed E-state index contributed by atoms with van der Waals surface area (Å²) in [5.41, 5.74) is 3.54. The lowest BCUT2D eigenvalue weighted by Gasteiger charge is -2.34. The van der Waals surface area contributed by atoms with E-state index in [1.54, 1.807) is 11.0 Å². The van der Waals surface area contributed by atoms with Crippen LogP contribution in [-0.2, 0) is 6.42 Å². The molecular formula is C23H25N3O3. The molecule has 1 aliphatic rings. The molecular weight excluding hydrogens is 366 g/mol. The normalized spacial score (nSPS) is 15.0. The molecule has 6 nitrogen and oxygen atoms in total. The third-order valence-electron chi connectivity index (χ3n) is 5.75. The van der Waals surface area contributed by atoms with E-state index in [4.69, 9.17) is 4.42 Å². The molecule has 3 heterocycles. The Balaban J connectivity index is 1.43. The van der Waals surface area contributed by atoms with Crippen LogP contribution in [0.15, 0.2) is 51.9 Å². The molecule has 0 unspecified atom stereocenters. The van der Waals surface area contributed by atoms with Crippen LogP contribution in [0, 0.1) is 13.8 Å². The van der Waals surface area contributed by atoms with Gasteiger partial charge in [0, 0.05) is 51.2 Å². The molecule has 0 saturated carbocycles. The monoisotopic (exact) mass is 391 g/mol. The van der Waals surface area contributed by atoms with Crippen molar-refractivity contribution in [2.75, 3.05) is 32.7 Å². The third-order valence-corrected chi connectivity index (χ3v) is 5.75. The fourth-order valence-electron chi connectivity index (χ4n) is 3.72. The molecule has 0 atom stereocenters. The molecule has 0 spiro atoms. The Hall–Kier alpha value is -2.99. The highest BCUT2D eigenvalue weighted by atomic mass is 16.3. The standard InChI is InChI=1S/C23H25N3O3/c1-16-3-4-19-20(27)15-21(29-22(19)17(16)2)23(28)26-13-11-25(12-14-26)10-7-18-5-8-24-9-6-18/h3-6,8-9,15H,7,10-14H2,1-2H3. The van der Waals surface area contributed by atoms with Gasteiger partial charge in [-0.15, -0.1) is 0 Å². The predicted molar refractivity (Wildman–Crippen MR) is 112 cm³/mol. The average Bonchev–Trinajstić information content (AvgIpc) is 2.75. The summed E-state index contributed by atoms with van der Waals surface area (Å²) in [7, 11) is 0. The minimum atomic E-state index is -0.210. The van der Waals surface area contributed by atoms with Gasteiger partial charge < -0.3 is 9.32 Å². The zero-order chi connectivity index (χ0) is 20.4. The summed E-state index contributed by atoms with van der Waals surface area (Å²) >= 11 is 0. The van der Waals surface area contributed by atoms with Crippen molar-refractivity contribution in [3.8, 4) is 0 Å². The lowest BCUT2D eigenvalue weighted by atomic mass is 10.1. The van der Waals surface area contributed by atoms with Crippen molar-refractivity contribution in [2.45, 2.75) is 20.3 Å². The second kappa shape index (κ2) is 8.17. The predicted octanol–water partition coefficient (Wildman–Crippen LogP) is 2.81. The van der Waals surface area contributed by atoms with Crippen molar-refractivity contribution in [1.29, 1.82) is 0 Å². The molecule has 150 valence electrons. The van der Waals surface area contributed by atoms with E-state index in [-0.39, 0.29) is 17.1 Å². The second-order valence-electron chi connectivity index (χ2n) is 7.60. The number of carbonyl (C=O) groups excluding carboxylic acids is 1. The quantitative estimate of drug-likeness (QED) is 0.684. The van der Waals surface area contributed by atoms with Gasteiger partial charge in [0.2, 0.25) is 0 Å². The number of benzene rings is 1. The molecule has 0 N–H and O–H groups in total. The van der Waals surface area contributed by atoms with Gasteiger partial charge in [0.05, 0.1) is 5.39 Å². The molecule has 0 aliphatic carbocycles. The minimum absolute atomic E-state index is 0.126. The van der Waals surface area contributed by atoms with Crippen LogP contribution in [0.4, 0.5) is 0 Å². The number of nitrogens with zero attached hydrogens (tertiary/aromatic N) is 3. The lowest BCUT2D eigenvalue weighted by Crippen LogP contribution is -2.49. The summed E-state index contributed by atoms with van der Waals surface area (Å²) in [4.78, 5) is 33.6. The van der Waals surface area contributed by atoms with Gasteiger partial charge in [-0.1, -0.05) is 6.07 Å². The molecule has 29 heavy (non-hydrogen) atoms. The number of hydrogen-bond acceptors (Lipinski definition) is 5. The van der Waals surface area contributed by atoms with Crippen molar-refractivity contribution in [3.63, 3.8) is 0 Å². The first-order valence-corrected chi connectivity index (χ1v) is 9.97. The van der Waals surface area contributed by atoms with Crippen LogP contribution in [-0.4, -0.2) is 53.4 Å². The Morgan fingerprint density at radius 2 is 1.79 bits per heavy atom. The molecule has 4 rings (SSSR count). The van der Waals surface area contributed by atoms with Crippen LogP contribution in [0.2, 0.25) is 0 Å². The van der Waals surface area contributed by atoms with E-state index >= 15 is 0 Å². The minimum Gasteiger partial charge on any atom is -0.450 e. The first-order valence-electron chi connectivity index (χ1n) is 9.97. The largest absolute Gasteiger partial charge is 0.450 e. The lowest BCUT2D eigenvalue weighted by molar-refractivity contribution is 0.0608. The highest BCUT2D eigenvalue weighted by Gasteiger charge is 2.24. The van der Waals surface area contributed by atoms with Crippen LogP contribution in [0.5, 0.6) is 0 Å². The molecule has 1 fully saturated rings. The SMILES string of the molecule is Cc1ccc2c(=O)cc(C(=O)N3CCN(CCc4ccncc4)CC3)oc2c1C. The first kappa shape index (κ1) is 19.3. The van der Waals surface area contributed by atoms with Crippen molar-refractivity contribution >= 4 is 16.9 Å². The molecule has 1 amide bonds. The zero-order valence-corrected chi connectivity index (χ0v) is 16.9. The topological polar surface area (TPSA) is 66.7 Å². The number of hydrogen-bond donors (Lipinski definition) is 0. The maximum Gasteiger partial charge on any atom is 0.289 e. The van der Waals surface area contributed by atoms with Crippen LogP contribution in [0.25, 0.3) is 11.0 Å². The molecule has 3 aromatic rings. The molecule has 1 aromatic carbocycles. The van der Waals surface area contributed by atoms with Crippen molar-refractivity contribution < 1.29 is 9.21 Å². The van der Waals surface area contributed by atoms with Gasteiger partial charge in [0.25, 0.3) is 5.91 Å². The maximum absolute atomic E-state index is 12.9. The molecule has 1 saturated heterocycles. The molecule has 1 aliphatic heterocycles. The van der Waals surface area contributed by atoms with Gasteiger partial charge in [-0.3, -0.25) is 19.5 Å². The Labute approximate surface area is 169 Å². The number of piperazine rings is 1. The van der Waals surface area contributed by atoms with Gasteiger partial charge in [0.15, 0.2) is 11.2 Å². The summed E-state index contributed by atoms with van der Waals surface area (Å²) in [6.07, 6.45) is 4.59. The maximum atomic E-state index is 12.9. The summed E-state index contributed by atoms with van der Waals surface area (Å²) < 4.78 is 5.89. The molecule has 2 aromatic heterocycles. The van der Waals surface area contributed by atoms with Crippen molar-refractivity contribution in [3.05, 3.63) is 75.4 Å². The van der Waals surface area contributed by atoms with Crippen LogP contribution >= 0.6 is 0 Å². The number of fused-ring (bicyclic) bond motifs is 1. The van der Waals surface area contributed by atoms with E-state index in [0.29, 0.717) is 24.1 Å². The Morgan fingerprint density at radius 1 is 1.07 bits per heavy atom. The number of aryl methyl sites for hydroxylation is 2.